The number of para-hydroxylation sites is 2. The third-order valence-corrected chi connectivity index (χ3v) is 4.04. The Morgan fingerprint density at radius 2 is 1.92 bits per heavy atom. The third-order valence-electron chi connectivity index (χ3n) is 3.72. The summed E-state index contributed by atoms with van der Waals surface area (Å²) in [6, 6.07) is 15.2. The highest BCUT2D eigenvalue weighted by Gasteiger charge is 2.12. The molecule has 24 heavy (non-hydrogen) atoms. The molecule has 5 heteroatoms. The van der Waals surface area contributed by atoms with Crippen molar-refractivity contribution in [3.8, 4) is 5.75 Å². The molecule has 0 bridgehead atoms. The summed E-state index contributed by atoms with van der Waals surface area (Å²) in [6.45, 7) is 6.24. The van der Waals surface area contributed by atoms with Crippen LogP contribution in [0.1, 0.15) is 12.5 Å². The number of hydrogen-bond donors (Lipinski definition) is 1. The molecule has 0 spiro atoms. The van der Waals surface area contributed by atoms with E-state index in [2.05, 4.69) is 5.32 Å². The summed E-state index contributed by atoms with van der Waals surface area (Å²) in [7, 11) is 0. The van der Waals surface area contributed by atoms with Crippen molar-refractivity contribution in [1.29, 1.82) is 0 Å². The van der Waals surface area contributed by atoms with Crippen molar-refractivity contribution in [2.45, 2.75) is 13.8 Å². The Kier molecular flexibility index (Phi) is 7.09. The maximum absolute atomic E-state index is 12.3. The predicted molar refractivity (Wildman–Crippen MR) is 98.9 cm³/mol. The highest BCUT2D eigenvalue weighted by atomic mass is 35.5. The minimum absolute atomic E-state index is 0.0761. The maximum Gasteiger partial charge on any atom is 0.238 e. The van der Waals surface area contributed by atoms with Gasteiger partial charge in [-0.3, -0.25) is 9.69 Å². The van der Waals surface area contributed by atoms with Gasteiger partial charge in [-0.1, -0.05) is 48.9 Å². The van der Waals surface area contributed by atoms with Crippen LogP contribution in [0.25, 0.3) is 0 Å². The van der Waals surface area contributed by atoms with Crippen LogP contribution in [0.5, 0.6) is 5.75 Å². The summed E-state index contributed by atoms with van der Waals surface area (Å²) in [5.41, 5.74) is 1.63. The number of anilines is 1. The fourth-order valence-electron chi connectivity index (χ4n) is 2.33. The van der Waals surface area contributed by atoms with Gasteiger partial charge in [-0.2, -0.15) is 0 Å². The molecular weight excluding hydrogens is 324 g/mol. The Balaban J connectivity index is 1.82. The van der Waals surface area contributed by atoms with E-state index < -0.39 is 0 Å². The van der Waals surface area contributed by atoms with Crippen LogP contribution in [0.2, 0.25) is 5.02 Å². The van der Waals surface area contributed by atoms with E-state index in [-0.39, 0.29) is 5.91 Å². The highest BCUT2D eigenvalue weighted by Crippen LogP contribution is 2.25. The van der Waals surface area contributed by atoms with Gasteiger partial charge in [0.2, 0.25) is 5.91 Å². The number of likely N-dealkylation sites (N-methyl/N-ethyl adjacent to an activating group) is 1. The SMILES string of the molecule is CCN(CCOc1ccccc1)CC(=O)Nc1c(C)cccc1Cl. The van der Waals surface area contributed by atoms with E-state index in [1.165, 1.54) is 0 Å². The molecule has 1 amide bonds. The number of aryl methyl sites for hydroxylation is 1. The van der Waals surface area contributed by atoms with E-state index in [1.807, 2.05) is 61.2 Å². The molecule has 0 aromatic heterocycles. The summed E-state index contributed by atoms with van der Waals surface area (Å²) in [6.07, 6.45) is 0. The van der Waals surface area contributed by atoms with Crippen molar-refractivity contribution in [3.05, 3.63) is 59.1 Å². The molecule has 0 radical (unpaired) electrons. The average molecular weight is 347 g/mol. The highest BCUT2D eigenvalue weighted by molar-refractivity contribution is 6.33. The summed E-state index contributed by atoms with van der Waals surface area (Å²) in [4.78, 5) is 14.3. The standard InChI is InChI=1S/C19H23ClN2O2/c1-3-22(12-13-24-16-9-5-4-6-10-16)14-18(23)21-19-15(2)8-7-11-17(19)20/h4-11H,3,12-14H2,1-2H3,(H,21,23). The van der Waals surface area contributed by atoms with Gasteiger partial charge in [-0.15, -0.1) is 0 Å². The number of hydrogen-bond acceptors (Lipinski definition) is 3. The Bertz CT molecular complexity index is 641. The van der Waals surface area contributed by atoms with Crippen molar-refractivity contribution >= 4 is 23.2 Å². The van der Waals surface area contributed by atoms with Crippen LogP contribution in [0, 0.1) is 6.92 Å². The molecule has 0 saturated carbocycles. The number of carbonyl (C=O) groups is 1. The topological polar surface area (TPSA) is 41.6 Å². The van der Waals surface area contributed by atoms with Crippen LogP contribution < -0.4 is 10.1 Å². The number of amides is 1. The second-order valence-corrected chi connectivity index (χ2v) is 5.92. The van der Waals surface area contributed by atoms with Crippen molar-refractivity contribution < 1.29 is 9.53 Å². The summed E-state index contributed by atoms with van der Waals surface area (Å²) in [5.74, 6) is 0.762. The molecule has 2 aromatic rings. The molecule has 0 aliphatic carbocycles. The number of nitrogens with one attached hydrogen (secondary N) is 1. The number of ether oxygens (including phenoxy) is 1. The lowest BCUT2D eigenvalue weighted by Gasteiger charge is -2.20. The van der Waals surface area contributed by atoms with Gasteiger partial charge in [0.15, 0.2) is 0 Å². The first-order chi connectivity index (χ1) is 11.6. The van der Waals surface area contributed by atoms with Crippen LogP contribution in [0.3, 0.4) is 0 Å². The van der Waals surface area contributed by atoms with Crippen molar-refractivity contribution in [1.82, 2.24) is 4.90 Å². The van der Waals surface area contributed by atoms with Crippen LogP contribution in [0.15, 0.2) is 48.5 Å². The molecule has 4 nitrogen and oxygen atoms in total. The van der Waals surface area contributed by atoms with Crippen molar-refractivity contribution in [2.24, 2.45) is 0 Å². The molecule has 0 atom stereocenters. The Morgan fingerprint density at radius 1 is 1.17 bits per heavy atom. The molecular formula is C19H23ClN2O2. The van der Waals surface area contributed by atoms with Gasteiger partial charge >= 0.3 is 0 Å². The zero-order chi connectivity index (χ0) is 17.4. The van der Waals surface area contributed by atoms with E-state index in [4.69, 9.17) is 16.3 Å². The molecule has 0 heterocycles. The molecule has 0 aliphatic rings. The molecule has 2 aromatic carbocycles. The zero-order valence-electron chi connectivity index (χ0n) is 14.1. The van der Waals surface area contributed by atoms with Gasteiger partial charge in [0, 0.05) is 6.54 Å². The molecule has 0 saturated heterocycles. The van der Waals surface area contributed by atoms with Crippen LogP contribution in [0.4, 0.5) is 5.69 Å². The second-order valence-electron chi connectivity index (χ2n) is 5.51. The Hall–Kier alpha value is -2.04. The van der Waals surface area contributed by atoms with Gasteiger partial charge < -0.3 is 10.1 Å². The van der Waals surface area contributed by atoms with Crippen LogP contribution >= 0.6 is 11.6 Å². The van der Waals surface area contributed by atoms with E-state index in [0.717, 1.165) is 17.9 Å². The van der Waals surface area contributed by atoms with Crippen molar-refractivity contribution in [3.63, 3.8) is 0 Å². The number of halogens is 1. The van der Waals surface area contributed by atoms with Crippen molar-refractivity contribution in [2.75, 3.05) is 31.6 Å². The number of rotatable bonds is 8. The van der Waals surface area contributed by atoms with Gasteiger partial charge in [-0.25, -0.2) is 0 Å². The summed E-state index contributed by atoms with van der Waals surface area (Å²) in [5, 5.41) is 3.45. The first-order valence-corrected chi connectivity index (χ1v) is 8.43. The Morgan fingerprint density at radius 3 is 2.58 bits per heavy atom. The van der Waals surface area contributed by atoms with Gasteiger partial charge in [0.1, 0.15) is 12.4 Å². The number of benzene rings is 2. The lowest BCUT2D eigenvalue weighted by Crippen LogP contribution is -2.36. The minimum atomic E-state index is -0.0761. The smallest absolute Gasteiger partial charge is 0.238 e. The van der Waals surface area contributed by atoms with Gasteiger partial charge in [-0.05, 0) is 37.2 Å². The minimum Gasteiger partial charge on any atom is -0.492 e. The monoisotopic (exact) mass is 346 g/mol. The summed E-state index contributed by atoms with van der Waals surface area (Å²) < 4.78 is 5.68. The maximum atomic E-state index is 12.3. The van der Waals surface area contributed by atoms with E-state index in [0.29, 0.717) is 30.4 Å². The normalized spacial score (nSPS) is 10.7. The fraction of sp³-hybridized carbons (Fsp3) is 0.316. The molecule has 0 fully saturated rings. The first kappa shape index (κ1) is 18.3. The Labute approximate surface area is 148 Å². The lowest BCUT2D eigenvalue weighted by atomic mass is 10.2. The molecule has 2 rings (SSSR count). The second kappa shape index (κ2) is 9.30. The summed E-state index contributed by atoms with van der Waals surface area (Å²) >= 11 is 6.15. The van der Waals surface area contributed by atoms with Crippen LogP contribution in [-0.4, -0.2) is 37.0 Å². The zero-order valence-corrected chi connectivity index (χ0v) is 14.8. The molecule has 128 valence electrons. The number of nitrogens with zero attached hydrogens (tertiary/aromatic N) is 1. The average Bonchev–Trinajstić information content (AvgIpc) is 2.58. The fourth-order valence-corrected chi connectivity index (χ4v) is 2.60. The largest absolute Gasteiger partial charge is 0.492 e. The molecule has 0 aliphatic heterocycles. The van der Waals surface area contributed by atoms with E-state index >= 15 is 0 Å². The lowest BCUT2D eigenvalue weighted by molar-refractivity contribution is -0.117. The molecule has 0 unspecified atom stereocenters. The number of carbonyl (C=O) groups excluding carboxylic acids is 1. The first-order valence-electron chi connectivity index (χ1n) is 8.05. The predicted octanol–water partition coefficient (Wildman–Crippen LogP) is 3.99. The quantitative estimate of drug-likeness (QED) is 0.785. The van der Waals surface area contributed by atoms with E-state index in [1.54, 1.807) is 6.07 Å². The van der Waals surface area contributed by atoms with Gasteiger partial charge in [0.25, 0.3) is 0 Å². The molecule has 1 N–H and O–H groups in total. The van der Waals surface area contributed by atoms with E-state index in [9.17, 15) is 4.79 Å². The van der Waals surface area contributed by atoms with Gasteiger partial charge in [0.05, 0.1) is 17.3 Å². The van der Waals surface area contributed by atoms with Crippen LogP contribution in [-0.2, 0) is 4.79 Å². The third kappa shape index (κ3) is 5.55.